The zero-order valence-corrected chi connectivity index (χ0v) is 9.71. The molecular formula is C11H11ClN2O2. The van der Waals surface area contributed by atoms with E-state index in [-0.39, 0.29) is 0 Å². The summed E-state index contributed by atoms with van der Waals surface area (Å²) in [6.45, 7) is 3.60. The summed E-state index contributed by atoms with van der Waals surface area (Å²) in [4.78, 5) is 11.2. The van der Waals surface area contributed by atoms with Gasteiger partial charge in [0.2, 0.25) is 0 Å². The summed E-state index contributed by atoms with van der Waals surface area (Å²) < 4.78 is 5.29. The molecule has 1 amide bonds. The van der Waals surface area contributed by atoms with Crippen molar-refractivity contribution in [2.45, 2.75) is 19.4 Å². The Kier molecular flexibility index (Phi) is 2.59. The number of hydrogen-bond acceptors (Lipinski definition) is 3. The molecule has 1 unspecified atom stereocenters. The number of rotatable bonds is 1. The van der Waals surface area contributed by atoms with Crippen LogP contribution in [0.4, 0.5) is 4.79 Å². The van der Waals surface area contributed by atoms with Crippen LogP contribution in [0.2, 0.25) is 5.02 Å². The zero-order valence-electron chi connectivity index (χ0n) is 8.95. The molecule has 84 valence electrons. The third-order valence-electron chi connectivity index (χ3n) is 2.70. The third kappa shape index (κ3) is 1.76. The fourth-order valence-corrected chi connectivity index (χ4v) is 1.68. The van der Waals surface area contributed by atoms with Crippen LogP contribution >= 0.6 is 11.6 Å². The van der Waals surface area contributed by atoms with E-state index in [1.54, 1.807) is 26.0 Å². The van der Waals surface area contributed by atoms with E-state index in [0.717, 1.165) is 5.56 Å². The summed E-state index contributed by atoms with van der Waals surface area (Å²) in [6.07, 6.45) is -0.553. The minimum Gasteiger partial charge on any atom is -0.431 e. The molecule has 1 atom stereocenters. The van der Waals surface area contributed by atoms with Crippen LogP contribution in [0.3, 0.4) is 0 Å². The van der Waals surface area contributed by atoms with Gasteiger partial charge in [-0.15, -0.1) is 0 Å². The molecule has 0 aliphatic carbocycles. The maximum absolute atomic E-state index is 11.2. The van der Waals surface area contributed by atoms with Gasteiger partial charge in [-0.05, 0) is 26.0 Å². The Morgan fingerprint density at radius 3 is 2.62 bits per heavy atom. The van der Waals surface area contributed by atoms with Crippen molar-refractivity contribution in [3.63, 3.8) is 0 Å². The monoisotopic (exact) mass is 238 g/mol. The van der Waals surface area contributed by atoms with Crippen LogP contribution in [0.25, 0.3) is 0 Å². The molecule has 2 rings (SSSR count). The molecule has 1 heterocycles. The molecule has 0 saturated carbocycles. The van der Waals surface area contributed by atoms with Crippen molar-refractivity contribution in [3.8, 4) is 0 Å². The molecule has 0 saturated heterocycles. The van der Waals surface area contributed by atoms with Crippen molar-refractivity contribution in [1.29, 1.82) is 0 Å². The van der Waals surface area contributed by atoms with Crippen molar-refractivity contribution in [1.82, 2.24) is 5.43 Å². The molecule has 1 aromatic carbocycles. The SMILES string of the molecule is CC1=NNC(=O)OC1(C)c1ccc(Cl)cc1. The van der Waals surface area contributed by atoms with Crippen LogP contribution in [0.1, 0.15) is 19.4 Å². The van der Waals surface area contributed by atoms with Gasteiger partial charge in [0.1, 0.15) is 0 Å². The van der Waals surface area contributed by atoms with Crippen LogP contribution < -0.4 is 5.43 Å². The van der Waals surface area contributed by atoms with Crippen molar-refractivity contribution in [3.05, 3.63) is 34.9 Å². The summed E-state index contributed by atoms with van der Waals surface area (Å²) in [6, 6.07) is 7.15. The van der Waals surface area contributed by atoms with E-state index >= 15 is 0 Å². The summed E-state index contributed by atoms with van der Waals surface area (Å²) in [5, 5.41) is 4.56. The number of benzene rings is 1. The molecule has 0 bridgehead atoms. The predicted molar refractivity (Wildman–Crippen MR) is 61.5 cm³/mol. The lowest BCUT2D eigenvalue weighted by Gasteiger charge is -2.32. The van der Waals surface area contributed by atoms with Gasteiger partial charge in [0.15, 0.2) is 5.60 Å². The van der Waals surface area contributed by atoms with Crippen molar-refractivity contribution in [2.75, 3.05) is 0 Å². The summed E-state index contributed by atoms with van der Waals surface area (Å²) >= 11 is 5.81. The Morgan fingerprint density at radius 1 is 1.38 bits per heavy atom. The Bertz CT molecular complexity index is 456. The van der Waals surface area contributed by atoms with Crippen LogP contribution in [0.15, 0.2) is 29.4 Å². The van der Waals surface area contributed by atoms with Crippen molar-refractivity contribution >= 4 is 23.4 Å². The molecule has 0 aromatic heterocycles. The molecular weight excluding hydrogens is 228 g/mol. The number of carbonyl (C=O) groups excluding carboxylic acids is 1. The highest BCUT2D eigenvalue weighted by molar-refractivity contribution is 6.30. The highest BCUT2D eigenvalue weighted by atomic mass is 35.5. The normalized spacial score (nSPS) is 24.4. The molecule has 1 aliphatic heterocycles. The van der Waals surface area contributed by atoms with Crippen LogP contribution in [-0.2, 0) is 10.3 Å². The van der Waals surface area contributed by atoms with E-state index < -0.39 is 11.7 Å². The number of ether oxygens (including phenoxy) is 1. The number of cyclic esters (lactones) is 1. The van der Waals surface area contributed by atoms with Gasteiger partial charge in [-0.25, -0.2) is 10.2 Å². The maximum Gasteiger partial charge on any atom is 0.429 e. The quantitative estimate of drug-likeness (QED) is 0.818. The average molecular weight is 239 g/mol. The number of carbonyl (C=O) groups is 1. The highest BCUT2D eigenvalue weighted by Crippen LogP contribution is 2.30. The minimum absolute atomic E-state index is 0.553. The lowest BCUT2D eigenvalue weighted by molar-refractivity contribution is 0.0626. The molecule has 0 spiro atoms. The van der Waals surface area contributed by atoms with Crippen molar-refractivity contribution < 1.29 is 9.53 Å². The van der Waals surface area contributed by atoms with E-state index in [9.17, 15) is 4.79 Å². The van der Waals surface area contributed by atoms with Gasteiger partial charge >= 0.3 is 6.09 Å². The molecule has 0 radical (unpaired) electrons. The lowest BCUT2D eigenvalue weighted by Crippen LogP contribution is -2.44. The Labute approximate surface area is 98.2 Å². The fourth-order valence-electron chi connectivity index (χ4n) is 1.55. The second-order valence-corrected chi connectivity index (χ2v) is 4.18. The average Bonchev–Trinajstić information content (AvgIpc) is 2.25. The summed E-state index contributed by atoms with van der Waals surface area (Å²) in [7, 11) is 0. The Balaban J connectivity index is 2.44. The molecule has 1 aliphatic rings. The van der Waals surface area contributed by atoms with Crippen LogP contribution in [-0.4, -0.2) is 11.8 Å². The first-order valence-corrected chi connectivity index (χ1v) is 5.20. The molecule has 1 aromatic rings. The summed E-state index contributed by atoms with van der Waals surface area (Å²) in [5.74, 6) is 0. The molecule has 0 fully saturated rings. The number of hydrazone groups is 1. The zero-order chi connectivity index (χ0) is 11.8. The first-order valence-electron chi connectivity index (χ1n) is 4.82. The van der Waals surface area contributed by atoms with Gasteiger partial charge in [-0.2, -0.15) is 5.10 Å². The highest BCUT2D eigenvalue weighted by Gasteiger charge is 2.37. The summed E-state index contributed by atoms with van der Waals surface area (Å²) in [5.41, 5.74) is 2.97. The topological polar surface area (TPSA) is 50.7 Å². The number of nitrogens with one attached hydrogen (secondary N) is 1. The molecule has 5 heteroatoms. The Morgan fingerprint density at radius 2 is 2.00 bits per heavy atom. The van der Waals surface area contributed by atoms with Gasteiger partial charge < -0.3 is 4.74 Å². The molecule has 4 nitrogen and oxygen atoms in total. The van der Waals surface area contributed by atoms with Gasteiger partial charge in [-0.3, -0.25) is 0 Å². The minimum atomic E-state index is -0.826. The van der Waals surface area contributed by atoms with Gasteiger partial charge in [0, 0.05) is 10.6 Å². The smallest absolute Gasteiger partial charge is 0.429 e. The Hall–Kier alpha value is -1.55. The first-order chi connectivity index (χ1) is 7.52. The standard InChI is InChI=1S/C11H11ClN2O2/c1-7-11(2,16-10(15)14-13-7)8-3-5-9(12)6-4-8/h3-6H,1-2H3,(H,14,15). The lowest BCUT2D eigenvalue weighted by atomic mass is 9.91. The maximum atomic E-state index is 11.2. The van der Waals surface area contributed by atoms with E-state index in [4.69, 9.17) is 16.3 Å². The number of nitrogens with zero attached hydrogens (tertiary/aromatic N) is 1. The van der Waals surface area contributed by atoms with Gasteiger partial charge in [0.25, 0.3) is 0 Å². The van der Waals surface area contributed by atoms with Gasteiger partial charge in [-0.1, -0.05) is 23.7 Å². The van der Waals surface area contributed by atoms with E-state index in [2.05, 4.69) is 10.5 Å². The van der Waals surface area contributed by atoms with Gasteiger partial charge in [0.05, 0.1) is 5.71 Å². The van der Waals surface area contributed by atoms with E-state index in [0.29, 0.717) is 10.7 Å². The van der Waals surface area contributed by atoms with E-state index in [1.165, 1.54) is 0 Å². The number of halogens is 1. The second-order valence-electron chi connectivity index (χ2n) is 3.74. The molecule has 1 N–H and O–H groups in total. The number of hydrogen-bond donors (Lipinski definition) is 1. The van der Waals surface area contributed by atoms with Crippen molar-refractivity contribution in [2.24, 2.45) is 5.10 Å². The second kappa shape index (κ2) is 3.79. The van der Waals surface area contributed by atoms with Crippen LogP contribution in [0.5, 0.6) is 0 Å². The first kappa shape index (κ1) is 11.0. The van der Waals surface area contributed by atoms with E-state index in [1.807, 2.05) is 12.1 Å². The molecule has 16 heavy (non-hydrogen) atoms. The predicted octanol–water partition coefficient (Wildman–Crippen LogP) is 2.67. The largest absolute Gasteiger partial charge is 0.431 e. The third-order valence-corrected chi connectivity index (χ3v) is 2.95. The van der Waals surface area contributed by atoms with Crippen LogP contribution in [0, 0.1) is 0 Å². The fraction of sp³-hybridized carbons (Fsp3) is 0.273. The number of amides is 1.